The van der Waals surface area contributed by atoms with E-state index in [1.807, 2.05) is 6.92 Å². The van der Waals surface area contributed by atoms with Crippen LogP contribution in [0.1, 0.15) is 51.9 Å². The molecule has 1 spiro atoms. The lowest BCUT2D eigenvalue weighted by Gasteiger charge is -2.46. The Bertz CT molecular complexity index is 307. The fraction of sp³-hybridized carbons (Fsp3) is 0.933. The number of nitrogens with two attached hydrogens (primary N) is 1. The highest BCUT2D eigenvalue weighted by Gasteiger charge is 2.39. The number of hydrogen-bond donors (Lipinski definition) is 2. The minimum atomic E-state index is 0.148. The van der Waals surface area contributed by atoms with Gasteiger partial charge in [-0.15, -0.1) is 0 Å². The Morgan fingerprint density at radius 2 is 2.11 bits per heavy atom. The van der Waals surface area contributed by atoms with Crippen LogP contribution >= 0.6 is 0 Å². The average molecular weight is 267 g/mol. The molecule has 1 saturated carbocycles. The van der Waals surface area contributed by atoms with Gasteiger partial charge in [-0.05, 0) is 32.7 Å². The van der Waals surface area contributed by atoms with E-state index in [1.54, 1.807) is 0 Å². The summed E-state index contributed by atoms with van der Waals surface area (Å²) in [5, 5.41) is 7.52. The molecule has 4 nitrogen and oxygen atoms in total. The molecule has 0 amide bonds. The van der Waals surface area contributed by atoms with Gasteiger partial charge in [-0.3, -0.25) is 5.41 Å². The van der Waals surface area contributed by atoms with Crippen molar-refractivity contribution in [2.24, 2.45) is 11.7 Å². The summed E-state index contributed by atoms with van der Waals surface area (Å²) in [5.74, 6) is 0.446. The SMILES string of the molecule is CC(CN(C)C1CCOC2(CCCCC2)C1)C(=N)N. The van der Waals surface area contributed by atoms with Gasteiger partial charge in [-0.2, -0.15) is 0 Å². The molecular formula is C15H29N3O. The van der Waals surface area contributed by atoms with Crippen molar-refractivity contribution < 1.29 is 4.74 Å². The minimum Gasteiger partial charge on any atom is -0.387 e. The number of rotatable bonds is 4. The lowest BCUT2D eigenvalue weighted by molar-refractivity contribution is -0.122. The largest absolute Gasteiger partial charge is 0.387 e. The van der Waals surface area contributed by atoms with Gasteiger partial charge < -0.3 is 15.4 Å². The van der Waals surface area contributed by atoms with Crippen molar-refractivity contribution in [3.8, 4) is 0 Å². The molecule has 2 aliphatic rings. The molecule has 0 bridgehead atoms. The lowest BCUT2D eigenvalue weighted by Crippen LogP contribution is -2.49. The normalized spacial score (nSPS) is 28.5. The summed E-state index contributed by atoms with van der Waals surface area (Å²) in [7, 11) is 2.17. The fourth-order valence-corrected chi connectivity index (χ4v) is 3.60. The van der Waals surface area contributed by atoms with Gasteiger partial charge >= 0.3 is 0 Å². The molecule has 2 rings (SSSR count). The van der Waals surface area contributed by atoms with E-state index in [0.717, 1.165) is 26.0 Å². The van der Waals surface area contributed by atoms with E-state index in [9.17, 15) is 0 Å². The molecule has 1 saturated heterocycles. The molecular weight excluding hydrogens is 238 g/mol. The third-order valence-corrected chi connectivity index (χ3v) is 4.95. The predicted molar refractivity (Wildman–Crippen MR) is 78.5 cm³/mol. The maximum absolute atomic E-state index is 7.52. The summed E-state index contributed by atoms with van der Waals surface area (Å²) >= 11 is 0. The molecule has 110 valence electrons. The number of ether oxygens (including phenoxy) is 1. The van der Waals surface area contributed by atoms with Crippen molar-refractivity contribution >= 4 is 5.84 Å². The molecule has 2 atom stereocenters. The lowest BCUT2D eigenvalue weighted by atomic mass is 9.78. The van der Waals surface area contributed by atoms with E-state index < -0.39 is 0 Å². The highest BCUT2D eigenvalue weighted by atomic mass is 16.5. The molecule has 4 heteroatoms. The van der Waals surface area contributed by atoms with Crippen LogP contribution in [0.3, 0.4) is 0 Å². The van der Waals surface area contributed by atoms with Gasteiger partial charge in [0.05, 0.1) is 11.4 Å². The van der Waals surface area contributed by atoms with Crippen LogP contribution < -0.4 is 5.73 Å². The van der Waals surface area contributed by atoms with Crippen LogP contribution in [0.25, 0.3) is 0 Å². The monoisotopic (exact) mass is 267 g/mol. The molecule has 0 aromatic carbocycles. The zero-order chi connectivity index (χ0) is 13.9. The Morgan fingerprint density at radius 3 is 2.74 bits per heavy atom. The molecule has 1 aliphatic heterocycles. The van der Waals surface area contributed by atoms with Crippen LogP contribution in [0, 0.1) is 11.3 Å². The third-order valence-electron chi connectivity index (χ3n) is 4.95. The van der Waals surface area contributed by atoms with Crippen molar-refractivity contribution in [3.05, 3.63) is 0 Å². The first-order chi connectivity index (χ1) is 9.02. The zero-order valence-electron chi connectivity index (χ0n) is 12.5. The second-order valence-corrected chi connectivity index (χ2v) is 6.53. The van der Waals surface area contributed by atoms with E-state index in [2.05, 4.69) is 11.9 Å². The van der Waals surface area contributed by atoms with Crippen LogP contribution in [-0.2, 0) is 4.74 Å². The third kappa shape index (κ3) is 3.69. The average Bonchev–Trinajstić information content (AvgIpc) is 2.39. The minimum absolute atomic E-state index is 0.148. The molecule has 19 heavy (non-hydrogen) atoms. The first-order valence-corrected chi connectivity index (χ1v) is 7.70. The van der Waals surface area contributed by atoms with Gasteiger partial charge in [0.15, 0.2) is 0 Å². The van der Waals surface area contributed by atoms with Crippen LogP contribution in [0.2, 0.25) is 0 Å². The van der Waals surface area contributed by atoms with E-state index in [1.165, 1.54) is 32.1 Å². The Labute approximate surface area is 117 Å². The van der Waals surface area contributed by atoms with Crippen molar-refractivity contribution in [1.82, 2.24) is 4.90 Å². The molecule has 2 fully saturated rings. The van der Waals surface area contributed by atoms with Crippen LogP contribution in [0.4, 0.5) is 0 Å². The van der Waals surface area contributed by atoms with Crippen molar-refractivity contribution in [2.45, 2.75) is 63.5 Å². The second kappa shape index (κ2) is 6.23. The van der Waals surface area contributed by atoms with Gasteiger partial charge in [0, 0.05) is 25.1 Å². The Balaban J connectivity index is 1.91. The maximum Gasteiger partial charge on any atom is 0.0947 e. The maximum atomic E-state index is 7.52. The molecule has 0 aromatic heterocycles. The summed E-state index contributed by atoms with van der Waals surface area (Å²) in [5.41, 5.74) is 5.74. The van der Waals surface area contributed by atoms with Crippen LogP contribution in [0.15, 0.2) is 0 Å². The summed E-state index contributed by atoms with van der Waals surface area (Å²) in [6.07, 6.45) is 8.75. The predicted octanol–water partition coefficient (Wildman–Crippen LogP) is 2.37. The summed E-state index contributed by atoms with van der Waals surface area (Å²) in [4.78, 5) is 2.39. The van der Waals surface area contributed by atoms with Crippen LogP contribution in [-0.4, -0.2) is 42.6 Å². The standard InChI is InChI=1S/C15H29N3O/c1-12(14(16)17)11-18(2)13-6-9-19-15(10-13)7-4-3-5-8-15/h12-13H,3-11H2,1-2H3,(H3,16,17). The highest BCUT2D eigenvalue weighted by Crippen LogP contribution is 2.39. The van der Waals surface area contributed by atoms with Crippen molar-refractivity contribution in [2.75, 3.05) is 20.2 Å². The highest BCUT2D eigenvalue weighted by molar-refractivity contribution is 5.79. The first kappa shape index (κ1) is 14.8. The first-order valence-electron chi connectivity index (χ1n) is 7.70. The molecule has 1 aliphatic carbocycles. The Kier molecular flexibility index (Phi) is 4.85. The Hall–Kier alpha value is -0.610. The number of hydrogen-bond acceptors (Lipinski definition) is 3. The Morgan fingerprint density at radius 1 is 1.42 bits per heavy atom. The fourth-order valence-electron chi connectivity index (χ4n) is 3.60. The quantitative estimate of drug-likeness (QED) is 0.607. The molecule has 0 aromatic rings. The summed E-state index contributed by atoms with van der Waals surface area (Å²) in [6.45, 7) is 3.81. The van der Waals surface area contributed by atoms with Gasteiger partial charge in [-0.1, -0.05) is 26.2 Å². The van der Waals surface area contributed by atoms with Crippen molar-refractivity contribution in [1.29, 1.82) is 5.41 Å². The van der Waals surface area contributed by atoms with Crippen molar-refractivity contribution in [3.63, 3.8) is 0 Å². The van der Waals surface area contributed by atoms with E-state index in [0.29, 0.717) is 11.9 Å². The number of nitrogens with one attached hydrogen (secondary N) is 1. The van der Waals surface area contributed by atoms with E-state index in [-0.39, 0.29) is 11.5 Å². The zero-order valence-corrected chi connectivity index (χ0v) is 12.5. The van der Waals surface area contributed by atoms with Crippen LogP contribution in [0.5, 0.6) is 0 Å². The molecule has 0 radical (unpaired) electrons. The number of nitrogens with zero attached hydrogens (tertiary/aromatic N) is 1. The smallest absolute Gasteiger partial charge is 0.0947 e. The molecule has 1 heterocycles. The van der Waals surface area contributed by atoms with Gasteiger partial charge in [0.25, 0.3) is 0 Å². The second-order valence-electron chi connectivity index (χ2n) is 6.53. The van der Waals surface area contributed by atoms with E-state index >= 15 is 0 Å². The van der Waals surface area contributed by atoms with Gasteiger partial charge in [0.2, 0.25) is 0 Å². The summed E-state index contributed by atoms with van der Waals surface area (Å²) < 4.78 is 6.15. The summed E-state index contributed by atoms with van der Waals surface area (Å²) in [6, 6.07) is 0.591. The number of amidine groups is 1. The molecule has 3 N–H and O–H groups in total. The van der Waals surface area contributed by atoms with Gasteiger partial charge in [-0.25, -0.2) is 0 Å². The topological polar surface area (TPSA) is 62.3 Å². The van der Waals surface area contributed by atoms with E-state index in [4.69, 9.17) is 15.9 Å². The van der Waals surface area contributed by atoms with Gasteiger partial charge in [0.1, 0.15) is 0 Å². The molecule has 2 unspecified atom stereocenters.